The molecule has 1 saturated carbocycles. The van der Waals surface area contributed by atoms with Gasteiger partial charge in [0.25, 0.3) is 11.6 Å². The number of benzene rings is 1. The summed E-state index contributed by atoms with van der Waals surface area (Å²) in [6, 6.07) is 5.43. The van der Waals surface area contributed by atoms with E-state index in [9.17, 15) is 14.9 Å². The Labute approximate surface area is 136 Å². The van der Waals surface area contributed by atoms with E-state index in [1.807, 2.05) is 4.90 Å². The standard InChI is InChI=1S/C17H23N3O3/c1-13-6-7-14(12-16(13)20(22)23)17(21)19-10-8-18(9-11-19)15-4-2-3-5-15/h6-7,12,15H,2-5,8-11H2,1H3. The Kier molecular flexibility index (Phi) is 4.61. The Morgan fingerprint density at radius 2 is 1.83 bits per heavy atom. The summed E-state index contributed by atoms with van der Waals surface area (Å²) in [7, 11) is 0. The normalized spacial score (nSPS) is 20.0. The number of nitrogens with zero attached hydrogens (tertiary/aromatic N) is 3. The van der Waals surface area contributed by atoms with Crippen LogP contribution < -0.4 is 0 Å². The summed E-state index contributed by atoms with van der Waals surface area (Å²) in [5, 5.41) is 11.0. The molecule has 0 unspecified atom stereocenters. The fraction of sp³-hybridized carbons (Fsp3) is 0.588. The first kappa shape index (κ1) is 15.9. The molecular weight excluding hydrogens is 294 g/mol. The van der Waals surface area contributed by atoms with Crippen LogP contribution >= 0.6 is 0 Å². The molecule has 1 heterocycles. The summed E-state index contributed by atoms with van der Waals surface area (Å²) in [6.45, 7) is 4.91. The van der Waals surface area contributed by atoms with Crippen LogP contribution in [0.15, 0.2) is 18.2 Å². The van der Waals surface area contributed by atoms with Crippen molar-refractivity contribution in [1.82, 2.24) is 9.80 Å². The zero-order chi connectivity index (χ0) is 16.4. The van der Waals surface area contributed by atoms with Gasteiger partial charge >= 0.3 is 0 Å². The predicted octanol–water partition coefficient (Wildman–Crippen LogP) is 2.60. The summed E-state index contributed by atoms with van der Waals surface area (Å²) >= 11 is 0. The van der Waals surface area contributed by atoms with Gasteiger partial charge in [0.05, 0.1) is 4.92 Å². The zero-order valence-electron chi connectivity index (χ0n) is 13.5. The molecule has 1 aliphatic heterocycles. The van der Waals surface area contributed by atoms with Gasteiger partial charge in [-0.3, -0.25) is 19.8 Å². The molecule has 0 N–H and O–H groups in total. The van der Waals surface area contributed by atoms with Crippen LogP contribution in [-0.2, 0) is 0 Å². The first-order valence-electron chi connectivity index (χ1n) is 8.34. The highest BCUT2D eigenvalue weighted by atomic mass is 16.6. The number of nitro benzene ring substituents is 1. The number of nitro groups is 1. The van der Waals surface area contributed by atoms with E-state index in [0.29, 0.717) is 30.3 Å². The molecule has 0 bridgehead atoms. The van der Waals surface area contributed by atoms with Gasteiger partial charge in [-0.05, 0) is 25.8 Å². The minimum absolute atomic E-state index is 0.0143. The highest BCUT2D eigenvalue weighted by Gasteiger charge is 2.28. The minimum atomic E-state index is -0.426. The molecule has 1 aromatic carbocycles. The monoisotopic (exact) mass is 317 g/mol. The van der Waals surface area contributed by atoms with Crippen LogP contribution in [0.1, 0.15) is 41.6 Å². The lowest BCUT2D eigenvalue weighted by molar-refractivity contribution is -0.385. The van der Waals surface area contributed by atoms with Crippen molar-refractivity contribution in [3.63, 3.8) is 0 Å². The van der Waals surface area contributed by atoms with E-state index in [4.69, 9.17) is 0 Å². The van der Waals surface area contributed by atoms with Crippen molar-refractivity contribution in [2.45, 2.75) is 38.6 Å². The van der Waals surface area contributed by atoms with Gasteiger partial charge in [-0.2, -0.15) is 0 Å². The Balaban J connectivity index is 1.65. The lowest BCUT2D eigenvalue weighted by Gasteiger charge is -2.38. The maximum atomic E-state index is 12.6. The predicted molar refractivity (Wildman–Crippen MR) is 87.6 cm³/mol. The van der Waals surface area contributed by atoms with E-state index in [0.717, 1.165) is 13.1 Å². The average Bonchev–Trinajstić information content (AvgIpc) is 3.09. The number of hydrogen-bond donors (Lipinski definition) is 0. The summed E-state index contributed by atoms with van der Waals surface area (Å²) in [6.07, 6.45) is 5.18. The second-order valence-corrected chi connectivity index (χ2v) is 6.52. The van der Waals surface area contributed by atoms with Crippen LogP contribution in [0.2, 0.25) is 0 Å². The van der Waals surface area contributed by atoms with Crippen molar-refractivity contribution in [3.8, 4) is 0 Å². The van der Waals surface area contributed by atoms with Crippen molar-refractivity contribution in [2.75, 3.05) is 26.2 Å². The molecule has 0 aromatic heterocycles. The number of carbonyl (C=O) groups excluding carboxylic acids is 1. The molecule has 1 aliphatic carbocycles. The molecule has 1 saturated heterocycles. The topological polar surface area (TPSA) is 66.7 Å². The van der Waals surface area contributed by atoms with E-state index in [-0.39, 0.29) is 11.6 Å². The fourth-order valence-electron chi connectivity index (χ4n) is 3.68. The molecule has 23 heavy (non-hydrogen) atoms. The Morgan fingerprint density at radius 1 is 1.17 bits per heavy atom. The van der Waals surface area contributed by atoms with Crippen LogP contribution in [0.3, 0.4) is 0 Å². The Morgan fingerprint density at radius 3 is 2.43 bits per heavy atom. The maximum Gasteiger partial charge on any atom is 0.273 e. The number of piperazine rings is 1. The SMILES string of the molecule is Cc1ccc(C(=O)N2CCN(C3CCCC3)CC2)cc1[N+](=O)[O-]. The van der Waals surface area contributed by atoms with Crippen LogP contribution in [0.4, 0.5) is 5.69 Å². The quantitative estimate of drug-likeness (QED) is 0.635. The second kappa shape index (κ2) is 6.66. The molecule has 1 amide bonds. The number of carbonyl (C=O) groups is 1. The van der Waals surface area contributed by atoms with Crippen LogP contribution in [0.5, 0.6) is 0 Å². The van der Waals surface area contributed by atoms with Crippen molar-refractivity contribution in [1.29, 1.82) is 0 Å². The van der Waals surface area contributed by atoms with Crippen molar-refractivity contribution < 1.29 is 9.72 Å². The molecule has 124 valence electrons. The summed E-state index contributed by atoms with van der Waals surface area (Å²) in [5.74, 6) is -0.0980. The van der Waals surface area contributed by atoms with Crippen LogP contribution in [-0.4, -0.2) is 52.9 Å². The molecule has 2 aliphatic rings. The molecule has 1 aromatic rings. The largest absolute Gasteiger partial charge is 0.336 e. The first-order chi connectivity index (χ1) is 11.1. The Bertz CT molecular complexity index is 603. The summed E-state index contributed by atoms with van der Waals surface area (Å²) in [5.41, 5.74) is 1.01. The van der Waals surface area contributed by atoms with Gasteiger partial charge in [0.2, 0.25) is 0 Å². The molecule has 3 rings (SSSR count). The van der Waals surface area contributed by atoms with Crippen molar-refractivity contribution in [3.05, 3.63) is 39.4 Å². The lowest BCUT2D eigenvalue weighted by Crippen LogP contribution is -2.51. The maximum absolute atomic E-state index is 12.6. The third kappa shape index (κ3) is 3.37. The molecular formula is C17H23N3O3. The Hall–Kier alpha value is -1.95. The second-order valence-electron chi connectivity index (χ2n) is 6.52. The third-order valence-corrected chi connectivity index (χ3v) is 5.10. The summed E-state index contributed by atoms with van der Waals surface area (Å²) in [4.78, 5) is 27.5. The van der Waals surface area contributed by atoms with Gasteiger partial charge < -0.3 is 4.90 Å². The van der Waals surface area contributed by atoms with Gasteiger partial charge in [-0.25, -0.2) is 0 Å². The van der Waals surface area contributed by atoms with Gasteiger partial charge in [0, 0.05) is 49.4 Å². The van der Waals surface area contributed by atoms with E-state index in [2.05, 4.69) is 4.90 Å². The highest BCUT2D eigenvalue weighted by Crippen LogP contribution is 2.25. The molecule has 0 radical (unpaired) electrons. The number of rotatable bonds is 3. The van der Waals surface area contributed by atoms with E-state index < -0.39 is 4.92 Å². The zero-order valence-corrected chi connectivity index (χ0v) is 13.5. The van der Waals surface area contributed by atoms with E-state index in [1.54, 1.807) is 19.1 Å². The summed E-state index contributed by atoms with van der Waals surface area (Å²) < 4.78 is 0. The van der Waals surface area contributed by atoms with Crippen LogP contribution in [0.25, 0.3) is 0 Å². The smallest absolute Gasteiger partial charge is 0.273 e. The van der Waals surface area contributed by atoms with E-state index in [1.165, 1.54) is 31.7 Å². The molecule has 6 heteroatoms. The highest BCUT2D eigenvalue weighted by molar-refractivity contribution is 5.95. The van der Waals surface area contributed by atoms with E-state index >= 15 is 0 Å². The van der Waals surface area contributed by atoms with Gasteiger partial charge in [0.15, 0.2) is 0 Å². The molecule has 2 fully saturated rings. The van der Waals surface area contributed by atoms with Crippen LogP contribution in [0, 0.1) is 17.0 Å². The first-order valence-corrected chi connectivity index (χ1v) is 8.34. The lowest BCUT2D eigenvalue weighted by atomic mass is 10.1. The average molecular weight is 317 g/mol. The number of hydrogen-bond acceptors (Lipinski definition) is 4. The van der Waals surface area contributed by atoms with Gasteiger partial charge in [0.1, 0.15) is 0 Å². The number of amides is 1. The fourth-order valence-corrected chi connectivity index (χ4v) is 3.68. The minimum Gasteiger partial charge on any atom is -0.336 e. The van der Waals surface area contributed by atoms with Crippen molar-refractivity contribution >= 4 is 11.6 Å². The number of aryl methyl sites for hydroxylation is 1. The van der Waals surface area contributed by atoms with Gasteiger partial charge in [-0.1, -0.05) is 18.9 Å². The molecule has 0 spiro atoms. The van der Waals surface area contributed by atoms with Gasteiger partial charge in [-0.15, -0.1) is 0 Å². The molecule has 0 atom stereocenters. The third-order valence-electron chi connectivity index (χ3n) is 5.10. The molecule has 6 nitrogen and oxygen atoms in total. The van der Waals surface area contributed by atoms with Crippen molar-refractivity contribution in [2.24, 2.45) is 0 Å².